The summed E-state index contributed by atoms with van der Waals surface area (Å²) in [7, 11) is -2.14. The second kappa shape index (κ2) is 6.51. The third-order valence-corrected chi connectivity index (χ3v) is 4.31. The lowest BCUT2D eigenvalue weighted by atomic mass is 10.1. The standard InChI is InChI=1S/C15H15NO4S/c1-20-13-9-7-12(8-10-13)15(17)11-16-21(18,19)14-5-3-2-4-6-14/h2-10,16H,11H2,1H3. The zero-order valence-electron chi connectivity index (χ0n) is 11.4. The Morgan fingerprint density at radius 2 is 1.67 bits per heavy atom. The van der Waals surface area contributed by atoms with Crippen LogP contribution in [0.25, 0.3) is 0 Å². The van der Waals surface area contributed by atoms with E-state index in [1.165, 1.54) is 19.2 Å². The second-order valence-corrected chi connectivity index (χ2v) is 6.06. The molecule has 1 N–H and O–H groups in total. The average Bonchev–Trinajstić information content (AvgIpc) is 2.53. The first kappa shape index (κ1) is 15.2. The smallest absolute Gasteiger partial charge is 0.240 e. The number of hydrogen-bond acceptors (Lipinski definition) is 4. The van der Waals surface area contributed by atoms with Gasteiger partial charge in [0.2, 0.25) is 10.0 Å². The van der Waals surface area contributed by atoms with Gasteiger partial charge in [-0.3, -0.25) is 4.79 Å². The van der Waals surface area contributed by atoms with Gasteiger partial charge in [-0.2, -0.15) is 0 Å². The van der Waals surface area contributed by atoms with Crippen molar-refractivity contribution in [3.8, 4) is 5.75 Å². The molecule has 2 aromatic rings. The van der Waals surface area contributed by atoms with Gasteiger partial charge in [0.15, 0.2) is 5.78 Å². The highest BCUT2D eigenvalue weighted by atomic mass is 32.2. The lowest BCUT2D eigenvalue weighted by Gasteiger charge is -2.06. The average molecular weight is 305 g/mol. The third-order valence-electron chi connectivity index (χ3n) is 2.89. The minimum Gasteiger partial charge on any atom is -0.497 e. The van der Waals surface area contributed by atoms with Crippen molar-refractivity contribution in [3.05, 3.63) is 60.2 Å². The number of Topliss-reactive ketones (excluding diaryl/α,β-unsaturated/α-hetero) is 1. The van der Waals surface area contributed by atoms with Crippen LogP contribution in [0.4, 0.5) is 0 Å². The maximum Gasteiger partial charge on any atom is 0.240 e. The topological polar surface area (TPSA) is 72.5 Å². The van der Waals surface area contributed by atoms with E-state index in [1.807, 2.05) is 0 Å². The number of benzene rings is 2. The van der Waals surface area contributed by atoms with Crippen molar-refractivity contribution in [1.82, 2.24) is 4.72 Å². The molecule has 0 aliphatic rings. The van der Waals surface area contributed by atoms with Gasteiger partial charge >= 0.3 is 0 Å². The Morgan fingerprint density at radius 3 is 2.24 bits per heavy atom. The van der Waals surface area contributed by atoms with Crippen LogP contribution < -0.4 is 9.46 Å². The molecule has 2 aromatic carbocycles. The summed E-state index contributed by atoms with van der Waals surface area (Å²) in [5, 5.41) is 0. The number of ether oxygens (including phenoxy) is 1. The van der Waals surface area contributed by atoms with Gasteiger partial charge in [-0.1, -0.05) is 18.2 Å². The normalized spacial score (nSPS) is 11.1. The second-order valence-electron chi connectivity index (χ2n) is 4.29. The molecule has 0 unspecified atom stereocenters. The predicted octanol–water partition coefficient (Wildman–Crippen LogP) is 1.86. The zero-order valence-corrected chi connectivity index (χ0v) is 12.3. The van der Waals surface area contributed by atoms with Crippen LogP contribution >= 0.6 is 0 Å². The SMILES string of the molecule is COc1ccc(C(=O)CNS(=O)(=O)c2ccccc2)cc1. The number of rotatable bonds is 6. The van der Waals surface area contributed by atoms with E-state index in [2.05, 4.69) is 4.72 Å². The Balaban J connectivity index is 2.03. The van der Waals surface area contributed by atoms with Crippen molar-refractivity contribution in [1.29, 1.82) is 0 Å². The number of methoxy groups -OCH3 is 1. The van der Waals surface area contributed by atoms with Crippen LogP contribution in [0.1, 0.15) is 10.4 Å². The molecule has 5 nitrogen and oxygen atoms in total. The van der Waals surface area contributed by atoms with Crippen molar-refractivity contribution in [2.45, 2.75) is 4.90 Å². The van der Waals surface area contributed by atoms with Gasteiger partial charge in [0.25, 0.3) is 0 Å². The summed E-state index contributed by atoms with van der Waals surface area (Å²) in [6, 6.07) is 14.4. The molecule has 2 rings (SSSR count). The number of ketones is 1. The highest BCUT2D eigenvalue weighted by Crippen LogP contribution is 2.12. The summed E-state index contributed by atoms with van der Waals surface area (Å²) in [5.41, 5.74) is 0.423. The van der Waals surface area contributed by atoms with Crippen molar-refractivity contribution >= 4 is 15.8 Å². The minimum absolute atomic E-state index is 0.132. The van der Waals surface area contributed by atoms with E-state index >= 15 is 0 Å². The van der Waals surface area contributed by atoms with E-state index in [4.69, 9.17) is 4.74 Å². The Kier molecular flexibility index (Phi) is 4.72. The molecule has 0 heterocycles. The number of sulfonamides is 1. The van der Waals surface area contributed by atoms with Crippen LogP contribution in [-0.4, -0.2) is 27.9 Å². The molecular formula is C15H15NO4S. The summed E-state index contributed by atoms with van der Waals surface area (Å²) >= 11 is 0. The molecule has 0 spiro atoms. The molecule has 0 saturated carbocycles. The molecule has 0 atom stereocenters. The van der Waals surface area contributed by atoms with E-state index in [9.17, 15) is 13.2 Å². The Labute approximate surface area is 123 Å². The summed E-state index contributed by atoms with van der Waals surface area (Å²) in [4.78, 5) is 12.1. The molecule has 0 aliphatic carbocycles. The van der Waals surface area contributed by atoms with E-state index in [0.29, 0.717) is 11.3 Å². The summed E-state index contributed by atoms with van der Waals surface area (Å²) in [5.74, 6) is 0.327. The van der Waals surface area contributed by atoms with Crippen molar-refractivity contribution in [2.24, 2.45) is 0 Å². The largest absolute Gasteiger partial charge is 0.497 e. The molecule has 21 heavy (non-hydrogen) atoms. The molecule has 0 amide bonds. The molecule has 110 valence electrons. The first-order valence-electron chi connectivity index (χ1n) is 6.25. The Bertz CT molecular complexity index is 709. The van der Waals surface area contributed by atoms with E-state index in [1.54, 1.807) is 42.5 Å². The molecular weight excluding hydrogens is 290 g/mol. The molecule has 0 aliphatic heterocycles. The number of nitrogens with one attached hydrogen (secondary N) is 1. The summed E-state index contributed by atoms with van der Waals surface area (Å²) < 4.78 is 31.3. The predicted molar refractivity (Wildman–Crippen MR) is 79.0 cm³/mol. The molecule has 0 saturated heterocycles. The van der Waals surface area contributed by atoms with Crippen LogP contribution in [0.15, 0.2) is 59.5 Å². The monoisotopic (exact) mass is 305 g/mol. The van der Waals surface area contributed by atoms with Crippen LogP contribution in [-0.2, 0) is 10.0 Å². The lowest BCUT2D eigenvalue weighted by Crippen LogP contribution is -2.29. The lowest BCUT2D eigenvalue weighted by molar-refractivity contribution is 0.0997. The quantitative estimate of drug-likeness (QED) is 0.827. The van der Waals surface area contributed by atoms with Gasteiger partial charge in [-0.25, -0.2) is 13.1 Å². The van der Waals surface area contributed by atoms with Crippen LogP contribution in [0.5, 0.6) is 5.75 Å². The fraction of sp³-hybridized carbons (Fsp3) is 0.133. The van der Waals surface area contributed by atoms with Gasteiger partial charge in [0.05, 0.1) is 18.6 Å². The third kappa shape index (κ3) is 3.90. The van der Waals surface area contributed by atoms with Gasteiger partial charge in [0, 0.05) is 5.56 Å². The summed E-state index contributed by atoms with van der Waals surface area (Å²) in [6.45, 7) is -0.288. The number of carbonyl (C=O) groups is 1. The van der Waals surface area contributed by atoms with Crippen molar-refractivity contribution < 1.29 is 17.9 Å². The molecule has 0 radical (unpaired) electrons. The first-order chi connectivity index (χ1) is 10.0. The fourth-order valence-electron chi connectivity index (χ4n) is 1.72. The molecule has 0 bridgehead atoms. The van der Waals surface area contributed by atoms with E-state index < -0.39 is 10.0 Å². The van der Waals surface area contributed by atoms with Crippen LogP contribution in [0.3, 0.4) is 0 Å². The van der Waals surface area contributed by atoms with Crippen LogP contribution in [0.2, 0.25) is 0 Å². The molecule has 6 heteroatoms. The van der Waals surface area contributed by atoms with Gasteiger partial charge in [-0.15, -0.1) is 0 Å². The number of carbonyl (C=O) groups excluding carboxylic acids is 1. The maximum atomic E-state index is 12.0. The molecule has 0 fully saturated rings. The Hall–Kier alpha value is -2.18. The van der Waals surface area contributed by atoms with Crippen molar-refractivity contribution in [2.75, 3.05) is 13.7 Å². The van der Waals surface area contributed by atoms with Crippen molar-refractivity contribution in [3.63, 3.8) is 0 Å². The molecule has 0 aromatic heterocycles. The Morgan fingerprint density at radius 1 is 1.05 bits per heavy atom. The van der Waals surface area contributed by atoms with Gasteiger partial charge < -0.3 is 4.74 Å². The minimum atomic E-state index is -3.67. The first-order valence-corrected chi connectivity index (χ1v) is 7.73. The number of hydrogen-bond donors (Lipinski definition) is 1. The maximum absolute atomic E-state index is 12.0. The highest BCUT2D eigenvalue weighted by Gasteiger charge is 2.15. The fourth-order valence-corrected chi connectivity index (χ4v) is 2.73. The van der Waals surface area contributed by atoms with E-state index in [0.717, 1.165) is 0 Å². The zero-order chi connectivity index (χ0) is 15.3. The van der Waals surface area contributed by atoms with Gasteiger partial charge in [0.1, 0.15) is 5.75 Å². The van der Waals surface area contributed by atoms with E-state index in [-0.39, 0.29) is 17.2 Å². The summed E-state index contributed by atoms with van der Waals surface area (Å²) in [6.07, 6.45) is 0. The van der Waals surface area contributed by atoms with Crippen LogP contribution in [0, 0.1) is 0 Å². The highest BCUT2D eigenvalue weighted by molar-refractivity contribution is 7.89. The van der Waals surface area contributed by atoms with Gasteiger partial charge in [-0.05, 0) is 36.4 Å².